The van der Waals surface area contributed by atoms with E-state index in [0.29, 0.717) is 6.04 Å². The minimum atomic E-state index is 0.549. The topological polar surface area (TPSA) is 24.9 Å². The van der Waals surface area contributed by atoms with E-state index in [1.807, 2.05) is 18.8 Å². The predicted octanol–water partition coefficient (Wildman–Crippen LogP) is 2.06. The van der Waals surface area contributed by atoms with Crippen molar-refractivity contribution in [2.45, 2.75) is 19.4 Å². The predicted molar refractivity (Wildman–Crippen MR) is 51.2 cm³/mol. The van der Waals surface area contributed by atoms with Crippen molar-refractivity contribution in [3.05, 3.63) is 16.6 Å². The summed E-state index contributed by atoms with van der Waals surface area (Å²) in [5.41, 5.74) is 1.91. The van der Waals surface area contributed by atoms with Crippen LogP contribution >= 0.6 is 11.3 Å². The Hall–Kier alpha value is -0.410. The van der Waals surface area contributed by atoms with Crippen molar-refractivity contribution < 1.29 is 0 Å². The third-order valence-electron chi connectivity index (χ3n) is 2.67. The first-order chi connectivity index (χ1) is 5.83. The van der Waals surface area contributed by atoms with E-state index >= 15 is 0 Å². The molecule has 1 aromatic rings. The standard InChI is InChI=1S/C9H14N2S/c1-6-3-7(6)9(10-2)8-4-11-5-12-8/h4-7,9-10H,3H2,1-2H3. The van der Waals surface area contributed by atoms with E-state index < -0.39 is 0 Å². The van der Waals surface area contributed by atoms with Gasteiger partial charge in [0.25, 0.3) is 0 Å². The Kier molecular flexibility index (Phi) is 2.15. The third-order valence-corrected chi connectivity index (χ3v) is 3.53. The average molecular weight is 182 g/mol. The van der Waals surface area contributed by atoms with E-state index in [1.54, 1.807) is 11.3 Å². The summed E-state index contributed by atoms with van der Waals surface area (Å²) >= 11 is 1.75. The Morgan fingerprint density at radius 2 is 2.50 bits per heavy atom. The van der Waals surface area contributed by atoms with E-state index in [1.165, 1.54) is 11.3 Å². The molecular weight excluding hydrogens is 168 g/mol. The highest BCUT2D eigenvalue weighted by Crippen LogP contribution is 2.47. The van der Waals surface area contributed by atoms with Gasteiger partial charge in [-0.25, -0.2) is 0 Å². The van der Waals surface area contributed by atoms with Gasteiger partial charge in [0.15, 0.2) is 0 Å². The van der Waals surface area contributed by atoms with Crippen molar-refractivity contribution in [3.8, 4) is 0 Å². The maximum atomic E-state index is 4.10. The van der Waals surface area contributed by atoms with Gasteiger partial charge in [-0.2, -0.15) is 0 Å². The minimum Gasteiger partial charge on any atom is -0.312 e. The lowest BCUT2D eigenvalue weighted by atomic mass is 10.1. The fourth-order valence-electron chi connectivity index (χ4n) is 1.76. The Bertz CT molecular complexity index is 245. The van der Waals surface area contributed by atoms with Gasteiger partial charge >= 0.3 is 0 Å². The lowest BCUT2D eigenvalue weighted by Gasteiger charge is -2.12. The molecule has 2 rings (SSSR count). The summed E-state index contributed by atoms with van der Waals surface area (Å²) in [6.07, 6.45) is 3.35. The number of hydrogen-bond donors (Lipinski definition) is 1. The van der Waals surface area contributed by atoms with Gasteiger partial charge in [-0.3, -0.25) is 4.98 Å². The van der Waals surface area contributed by atoms with Crippen LogP contribution in [0.5, 0.6) is 0 Å². The molecule has 0 spiro atoms. The lowest BCUT2D eigenvalue weighted by molar-refractivity contribution is 0.511. The second-order valence-electron chi connectivity index (χ2n) is 3.55. The third kappa shape index (κ3) is 1.39. The monoisotopic (exact) mass is 182 g/mol. The number of nitrogens with one attached hydrogen (secondary N) is 1. The van der Waals surface area contributed by atoms with Gasteiger partial charge in [-0.1, -0.05) is 6.92 Å². The van der Waals surface area contributed by atoms with Crippen molar-refractivity contribution in [1.29, 1.82) is 0 Å². The zero-order chi connectivity index (χ0) is 8.55. The summed E-state index contributed by atoms with van der Waals surface area (Å²) in [5, 5.41) is 3.37. The molecule has 0 bridgehead atoms. The molecule has 1 N–H and O–H groups in total. The Balaban J connectivity index is 2.09. The van der Waals surface area contributed by atoms with E-state index in [0.717, 1.165) is 11.8 Å². The molecule has 1 saturated carbocycles. The zero-order valence-corrected chi connectivity index (χ0v) is 8.27. The summed E-state index contributed by atoms with van der Waals surface area (Å²) in [4.78, 5) is 5.49. The Labute approximate surface area is 77.0 Å². The van der Waals surface area contributed by atoms with Crippen molar-refractivity contribution in [2.75, 3.05) is 7.05 Å². The van der Waals surface area contributed by atoms with Crippen LogP contribution in [0.4, 0.5) is 0 Å². The molecule has 0 aromatic carbocycles. The van der Waals surface area contributed by atoms with E-state index in [-0.39, 0.29) is 0 Å². The van der Waals surface area contributed by atoms with Gasteiger partial charge in [0, 0.05) is 17.1 Å². The summed E-state index contributed by atoms with van der Waals surface area (Å²) in [6.45, 7) is 2.32. The molecule has 3 heteroatoms. The largest absolute Gasteiger partial charge is 0.312 e. The van der Waals surface area contributed by atoms with Crippen LogP contribution in [-0.4, -0.2) is 12.0 Å². The van der Waals surface area contributed by atoms with Crippen molar-refractivity contribution in [2.24, 2.45) is 11.8 Å². The molecule has 0 aliphatic heterocycles. The highest BCUT2D eigenvalue weighted by atomic mass is 32.1. The fraction of sp³-hybridized carbons (Fsp3) is 0.667. The first-order valence-corrected chi connectivity index (χ1v) is 5.26. The van der Waals surface area contributed by atoms with Crippen LogP contribution in [0.2, 0.25) is 0 Å². The van der Waals surface area contributed by atoms with Crippen LogP contribution < -0.4 is 5.32 Å². The van der Waals surface area contributed by atoms with Crippen molar-refractivity contribution >= 4 is 11.3 Å². The highest BCUT2D eigenvalue weighted by Gasteiger charge is 2.39. The zero-order valence-electron chi connectivity index (χ0n) is 7.45. The molecule has 1 fully saturated rings. The normalized spacial score (nSPS) is 30.2. The molecule has 1 aromatic heterocycles. The number of thiazole rings is 1. The second kappa shape index (κ2) is 3.15. The number of nitrogens with zero attached hydrogens (tertiary/aromatic N) is 1. The van der Waals surface area contributed by atoms with Gasteiger partial charge in [0.1, 0.15) is 0 Å². The fourth-order valence-corrected chi connectivity index (χ4v) is 2.57. The first kappa shape index (κ1) is 8.20. The summed E-state index contributed by atoms with van der Waals surface area (Å²) < 4.78 is 0. The molecule has 0 amide bonds. The SMILES string of the molecule is CNC(c1cncs1)C1CC1C. The molecule has 1 aliphatic rings. The molecule has 2 nitrogen and oxygen atoms in total. The van der Waals surface area contributed by atoms with Crippen molar-refractivity contribution in [1.82, 2.24) is 10.3 Å². The lowest BCUT2D eigenvalue weighted by Crippen LogP contribution is -2.17. The molecular formula is C9H14N2S. The quantitative estimate of drug-likeness (QED) is 0.774. The van der Waals surface area contributed by atoms with Gasteiger partial charge in [-0.05, 0) is 25.3 Å². The molecule has 3 unspecified atom stereocenters. The van der Waals surface area contributed by atoms with Gasteiger partial charge < -0.3 is 5.32 Å². The Morgan fingerprint density at radius 1 is 1.75 bits per heavy atom. The van der Waals surface area contributed by atoms with E-state index in [4.69, 9.17) is 0 Å². The molecule has 3 atom stereocenters. The van der Waals surface area contributed by atoms with E-state index in [9.17, 15) is 0 Å². The van der Waals surface area contributed by atoms with Crippen molar-refractivity contribution in [3.63, 3.8) is 0 Å². The Morgan fingerprint density at radius 3 is 2.92 bits per heavy atom. The maximum Gasteiger partial charge on any atom is 0.0794 e. The number of rotatable bonds is 3. The molecule has 0 radical (unpaired) electrons. The number of hydrogen-bond acceptors (Lipinski definition) is 3. The minimum absolute atomic E-state index is 0.549. The molecule has 66 valence electrons. The van der Waals surface area contributed by atoms with Crippen LogP contribution in [0.25, 0.3) is 0 Å². The van der Waals surface area contributed by atoms with Gasteiger partial charge in [0.2, 0.25) is 0 Å². The highest BCUT2D eigenvalue weighted by molar-refractivity contribution is 7.09. The maximum absolute atomic E-state index is 4.10. The number of aromatic nitrogens is 1. The molecule has 1 aliphatic carbocycles. The summed E-state index contributed by atoms with van der Waals surface area (Å²) in [7, 11) is 2.04. The van der Waals surface area contributed by atoms with Gasteiger partial charge in [-0.15, -0.1) is 11.3 Å². The summed E-state index contributed by atoms with van der Waals surface area (Å²) in [6, 6.07) is 0.549. The van der Waals surface area contributed by atoms with E-state index in [2.05, 4.69) is 17.2 Å². The molecule has 1 heterocycles. The van der Waals surface area contributed by atoms with Crippen LogP contribution in [0, 0.1) is 11.8 Å². The summed E-state index contributed by atoms with van der Waals surface area (Å²) in [5.74, 6) is 1.74. The van der Waals surface area contributed by atoms with Crippen LogP contribution in [0.3, 0.4) is 0 Å². The van der Waals surface area contributed by atoms with Crippen LogP contribution in [0.1, 0.15) is 24.3 Å². The first-order valence-electron chi connectivity index (χ1n) is 4.38. The molecule has 0 saturated heterocycles. The average Bonchev–Trinajstić information content (AvgIpc) is 2.60. The van der Waals surface area contributed by atoms with Crippen LogP contribution in [-0.2, 0) is 0 Å². The molecule has 12 heavy (non-hydrogen) atoms. The second-order valence-corrected chi connectivity index (χ2v) is 4.46. The smallest absolute Gasteiger partial charge is 0.0794 e. The van der Waals surface area contributed by atoms with Gasteiger partial charge in [0.05, 0.1) is 5.51 Å². The van der Waals surface area contributed by atoms with Crippen LogP contribution in [0.15, 0.2) is 11.7 Å².